The van der Waals surface area contributed by atoms with E-state index in [4.69, 9.17) is 0 Å². The molecule has 0 spiro atoms. The third-order valence-corrected chi connectivity index (χ3v) is 5.20. The van der Waals surface area contributed by atoms with Gasteiger partial charge in [0.05, 0.1) is 5.56 Å². The number of rotatable bonds is 6. The molecule has 0 aliphatic carbocycles. The SMILES string of the molecule is O=C(Nc1cccc(F)c1)Nc1ccc(N2CCCC2)c(C(=O)NCc2cccnc2)c1. The van der Waals surface area contributed by atoms with Crippen LogP contribution in [0, 0.1) is 5.82 Å². The lowest BCUT2D eigenvalue weighted by Crippen LogP contribution is -2.27. The van der Waals surface area contributed by atoms with Gasteiger partial charge in [0.25, 0.3) is 5.91 Å². The molecule has 0 atom stereocenters. The molecule has 0 saturated carbocycles. The van der Waals surface area contributed by atoms with Crippen LogP contribution in [-0.2, 0) is 6.54 Å². The Labute approximate surface area is 185 Å². The minimum atomic E-state index is -0.522. The predicted octanol–water partition coefficient (Wildman–Crippen LogP) is 4.39. The fraction of sp³-hybridized carbons (Fsp3) is 0.208. The van der Waals surface area contributed by atoms with Crippen LogP contribution in [0.3, 0.4) is 0 Å². The summed E-state index contributed by atoms with van der Waals surface area (Å²) in [5.74, 6) is -0.671. The van der Waals surface area contributed by atoms with Crippen LogP contribution < -0.4 is 20.9 Å². The molecule has 32 heavy (non-hydrogen) atoms. The number of nitrogens with zero attached hydrogens (tertiary/aromatic N) is 2. The summed E-state index contributed by atoms with van der Waals surface area (Å²) in [5, 5.41) is 8.23. The van der Waals surface area contributed by atoms with E-state index in [2.05, 4.69) is 25.8 Å². The van der Waals surface area contributed by atoms with Crippen LogP contribution in [0.15, 0.2) is 67.0 Å². The van der Waals surface area contributed by atoms with E-state index in [-0.39, 0.29) is 5.91 Å². The first-order chi connectivity index (χ1) is 15.6. The average Bonchev–Trinajstić information content (AvgIpc) is 3.33. The minimum Gasteiger partial charge on any atom is -0.371 e. The summed E-state index contributed by atoms with van der Waals surface area (Å²) in [6.07, 6.45) is 5.54. The smallest absolute Gasteiger partial charge is 0.323 e. The van der Waals surface area contributed by atoms with Crippen LogP contribution >= 0.6 is 0 Å². The molecule has 8 heteroatoms. The summed E-state index contributed by atoms with van der Waals surface area (Å²) in [6, 6.07) is 14.1. The number of urea groups is 1. The number of hydrogen-bond donors (Lipinski definition) is 3. The van der Waals surface area contributed by atoms with Crippen LogP contribution in [0.2, 0.25) is 0 Å². The Hall–Kier alpha value is -3.94. The molecule has 0 bridgehead atoms. The quantitative estimate of drug-likeness (QED) is 0.538. The highest BCUT2D eigenvalue weighted by molar-refractivity contribution is 6.04. The summed E-state index contributed by atoms with van der Waals surface area (Å²) < 4.78 is 13.3. The van der Waals surface area contributed by atoms with Crippen molar-refractivity contribution in [1.82, 2.24) is 10.3 Å². The van der Waals surface area contributed by atoms with Crippen molar-refractivity contribution in [2.24, 2.45) is 0 Å². The largest absolute Gasteiger partial charge is 0.371 e. The molecule has 164 valence electrons. The van der Waals surface area contributed by atoms with E-state index in [1.165, 1.54) is 18.2 Å². The third-order valence-electron chi connectivity index (χ3n) is 5.20. The van der Waals surface area contributed by atoms with Crippen molar-refractivity contribution in [3.05, 3.63) is 83.9 Å². The molecule has 0 unspecified atom stereocenters. The van der Waals surface area contributed by atoms with Crippen LogP contribution in [0.1, 0.15) is 28.8 Å². The molecular weight excluding hydrogens is 409 g/mol. The van der Waals surface area contributed by atoms with E-state index < -0.39 is 11.8 Å². The highest BCUT2D eigenvalue weighted by Crippen LogP contribution is 2.28. The molecule has 3 N–H and O–H groups in total. The summed E-state index contributed by atoms with van der Waals surface area (Å²) in [6.45, 7) is 2.12. The van der Waals surface area contributed by atoms with E-state index in [0.29, 0.717) is 23.5 Å². The lowest BCUT2D eigenvalue weighted by Gasteiger charge is -2.22. The highest BCUT2D eigenvalue weighted by atomic mass is 19.1. The van der Waals surface area contributed by atoms with Gasteiger partial charge in [0.15, 0.2) is 0 Å². The van der Waals surface area contributed by atoms with Gasteiger partial charge in [-0.3, -0.25) is 9.78 Å². The van der Waals surface area contributed by atoms with Crippen LogP contribution in [0.5, 0.6) is 0 Å². The Bertz CT molecular complexity index is 1100. The van der Waals surface area contributed by atoms with Crippen molar-refractivity contribution < 1.29 is 14.0 Å². The zero-order valence-electron chi connectivity index (χ0n) is 17.5. The van der Waals surface area contributed by atoms with Crippen LogP contribution in [0.4, 0.5) is 26.2 Å². The number of anilines is 3. The number of nitrogens with one attached hydrogen (secondary N) is 3. The second kappa shape index (κ2) is 9.91. The van der Waals surface area contributed by atoms with Gasteiger partial charge in [0.2, 0.25) is 0 Å². The van der Waals surface area contributed by atoms with Crippen LogP contribution in [-0.4, -0.2) is 30.0 Å². The molecule has 1 aliphatic heterocycles. The van der Waals surface area contributed by atoms with Gasteiger partial charge < -0.3 is 20.9 Å². The fourth-order valence-electron chi connectivity index (χ4n) is 3.67. The fourth-order valence-corrected chi connectivity index (χ4v) is 3.67. The van der Waals surface area contributed by atoms with Gasteiger partial charge in [-0.1, -0.05) is 12.1 Å². The molecule has 3 amide bonds. The molecule has 3 aromatic rings. The normalized spacial score (nSPS) is 13.0. The average molecular weight is 433 g/mol. The Morgan fingerprint density at radius 1 is 0.969 bits per heavy atom. The molecule has 4 rings (SSSR count). The number of halogens is 1. The summed E-state index contributed by atoms with van der Waals surface area (Å²) in [7, 11) is 0. The molecule has 1 aliphatic rings. The molecule has 1 aromatic heterocycles. The van der Waals surface area contributed by atoms with Gasteiger partial charge >= 0.3 is 6.03 Å². The van der Waals surface area contributed by atoms with E-state index in [9.17, 15) is 14.0 Å². The van der Waals surface area contributed by atoms with E-state index in [1.807, 2.05) is 18.2 Å². The van der Waals surface area contributed by atoms with Gasteiger partial charge in [-0.15, -0.1) is 0 Å². The van der Waals surface area contributed by atoms with Gasteiger partial charge in [-0.25, -0.2) is 9.18 Å². The predicted molar refractivity (Wildman–Crippen MR) is 122 cm³/mol. The van der Waals surface area contributed by atoms with Crippen molar-refractivity contribution in [3.63, 3.8) is 0 Å². The highest BCUT2D eigenvalue weighted by Gasteiger charge is 2.20. The number of carbonyl (C=O) groups is 2. The lowest BCUT2D eigenvalue weighted by molar-refractivity contribution is 0.0951. The first kappa shape index (κ1) is 21.3. The lowest BCUT2D eigenvalue weighted by atomic mass is 10.1. The van der Waals surface area contributed by atoms with Gasteiger partial charge in [0.1, 0.15) is 5.82 Å². The van der Waals surface area contributed by atoms with Gasteiger partial charge in [-0.05, 0) is 60.9 Å². The standard InChI is InChI=1S/C24H24FN5O2/c25-18-6-3-7-19(13-18)28-24(32)29-20-8-9-22(30-11-1-2-12-30)21(14-20)23(31)27-16-17-5-4-10-26-15-17/h3-10,13-15H,1-2,11-12,16H2,(H,27,31)(H2,28,29,32). The van der Waals surface area contributed by atoms with E-state index >= 15 is 0 Å². The zero-order valence-corrected chi connectivity index (χ0v) is 17.5. The molecular formula is C24H24FN5O2. The first-order valence-corrected chi connectivity index (χ1v) is 10.5. The third kappa shape index (κ3) is 5.40. The van der Waals surface area contributed by atoms with E-state index in [1.54, 1.807) is 30.6 Å². The van der Waals surface area contributed by atoms with Crippen molar-refractivity contribution in [1.29, 1.82) is 0 Å². The summed E-state index contributed by atoms with van der Waals surface area (Å²) >= 11 is 0. The Morgan fingerprint density at radius 2 is 1.75 bits per heavy atom. The second-order valence-electron chi connectivity index (χ2n) is 7.56. The number of hydrogen-bond acceptors (Lipinski definition) is 4. The van der Waals surface area contributed by atoms with Crippen molar-refractivity contribution in [2.45, 2.75) is 19.4 Å². The number of carbonyl (C=O) groups excluding carboxylic acids is 2. The maximum absolute atomic E-state index is 13.3. The number of pyridine rings is 1. The maximum Gasteiger partial charge on any atom is 0.323 e. The monoisotopic (exact) mass is 433 g/mol. The van der Waals surface area contributed by atoms with Gasteiger partial charge in [0, 0.05) is 49.1 Å². The number of aromatic nitrogens is 1. The maximum atomic E-state index is 13.3. The topological polar surface area (TPSA) is 86.4 Å². The molecule has 0 radical (unpaired) electrons. The van der Waals surface area contributed by atoms with Crippen molar-refractivity contribution in [2.75, 3.05) is 28.6 Å². The minimum absolute atomic E-state index is 0.232. The number of amides is 3. The van der Waals surface area contributed by atoms with Crippen LogP contribution in [0.25, 0.3) is 0 Å². The number of benzene rings is 2. The summed E-state index contributed by atoms with van der Waals surface area (Å²) in [5.41, 5.74) is 3.02. The molecule has 1 saturated heterocycles. The Kier molecular flexibility index (Phi) is 6.60. The van der Waals surface area contributed by atoms with E-state index in [0.717, 1.165) is 37.2 Å². The summed E-state index contributed by atoms with van der Waals surface area (Å²) in [4.78, 5) is 31.6. The Balaban J connectivity index is 1.50. The molecule has 2 aromatic carbocycles. The van der Waals surface area contributed by atoms with Gasteiger partial charge in [-0.2, -0.15) is 0 Å². The molecule has 2 heterocycles. The Morgan fingerprint density at radius 3 is 2.47 bits per heavy atom. The van der Waals surface area contributed by atoms with Crippen molar-refractivity contribution in [3.8, 4) is 0 Å². The first-order valence-electron chi connectivity index (χ1n) is 10.5. The molecule has 1 fully saturated rings. The second-order valence-corrected chi connectivity index (χ2v) is 7.56. The van der Waals surface area contributed by atoms with Crippen molar-refractivity contribution >= 4 is 29.0 Å². The molecule has 7 nitrogen and oxygen atoms in total. The zero-order chi connectivity index (χ0) is 22.3.